The summed E-state index contributed by atoms with van der Waals surface area (Å²) in [5.74, 6) is 0. The number of hydrogen-bond acceptors (Lipinski definition) is 2. The van der Waals surface area contributed by atoms with Crippen LogP contribution in [0.1, 0.15) is 0 Å². The molecule has 0 unspecified atom stereocenters. The summed E-state index contributed by atoms with van der Waals surface area (Å²) in [6.45, 7) is 0. The predicted molar refractivity (Wildman–Crippen MR) is 47.5 cm³/mol. The number of pyridine rings is 1. The van der Waals surface area contributed by atoms with E-state index in [1.165, 1.54) is 11.3 Å². The third-order valence-electron chi connectivity index (χ3n) is 1.41. The van der Waals surface area contributed by atoms with E-state index in [1.807, 2.05) is 6.07 Å². The van der Waals surface area contributed by atoms with Crippen molar-refractivity contribution in [1.82, 2.24) is 4.98 Å². The zero-order chi connectivity index (χ0) is 7.84. The summed E-state index contributed by atoms with van der Waals surface area (Å²) in [6, 6.07) is 3.62. The maximum atomic E-state index is 11.1. The van der Waals surface area contributed by atoms with Crippen molar-refractivity contribution in [2.45, 2.75) is 0 Å². The Morgan fingerprint density at radius 1 is 1.55 bits per heavy atom. The van der Waals surface area contributed by atoms with Gasteiger partial charge >= 0.3 is 0 Å². The minimum Gasteiger partial charge on any atom is -0.328 e. The maximum Gasteiger partial charge on any atom is 0.265 e. The summed E-state index contributed by atoms with van der Waals surface area (Å²) in [7, 11) is 0. The van der Waals surface area contributed by atoms with Crippen LogP contribution >= 0.6 is 22.9 Å². The number of rotatable bonds is 0. The lowest BCUT2D eigenvalue weighted by Gasteiger charge is -1.82. The van der Waals surface area contributed by atoms with Crippen molar-refractivity contribution in [3.05, 3.63) is 33.0 Å². The van der Waals surface area contributed by atoms with E-state index in [0.29, 0.717) is 9.04 Å². The second-order valence-electron chi connectivity index (χ2n) is 2.14. The molecule has 2 aromatic heterocycles. The molecule has 0 fully saturated rings. The van der Waals surface area contributed by atoms with E-state index in [0.717, 1.165) is 5.39 Å². The SMILES string of the molecule is O=c1[nH]ccc2cc(Cl)sc12. The van der Waals surface area contributed by atoms with Crippen LogP contribution in [-0.4, -0.2) is 4.98 Å². The first-order chi connectivity index (χ1) is 5.27. The number of thiophene rings is 1. The van der Waals surface area contributed by atoms with E-state index in [9.17, 15) is 4.79 Å². The minimum absolute atomic E-state index is 0.0700. The Balaban J connectivity index is 3.02. The summed E-state index contributed by atoms with van der Waals surface area (Å²) in [4.78, 5) is 13.7. The van der Waals surface area contributed by atoms with Gasteiger partial charge in [-0.05, 0) is 12.1 Å². The fourth-order valence-corrected chi connectivity index (χ4v) is 2.07. The molecule has 2 heterocycles. The molecule has 0 aliphatic carbocycles. The van der Waals surface area contributed by atoms with Crippen LogP contribution in [0.3, 0.4) is 0 Å². The van der Waals surface area contributed by atoms with Crippen LogP contribution < -0.4 is 5.56 Å². The molecule has 0 saturated heterocycles. The molecule has 0 bridgehead atoms. The highest BCUT2D eigenvalue weighted by atomic mass is 35.5. The van der Waals surface area contributed by atoms with E-state index >= 15 is 0 Å². The summed E-state index contributed by atoms with van der Waals surface area (Å²) in [5.41, 5.74) is -0.0700. The third-order valence-corrected chi connectivity index (χ3v) is 2.69. The second kappa shape index (κ2) is 2.36. The first kappa shape index (κ1) is 6.88. The molecule has 2 rings (SSSR count). The van der Waals surface area contributed by atoms with Crippen LogP contribution in [0, 0.1) is 0 Å². The highest BCUT2D eigenvalue weighted by molar-refractivity contribution is 7.22. The van der Waals surface area contributed by atoms with Crippen molar-refractivity contribution in [3.8, 4) is 0 Å². The molecule has 0 radical (unpaired) electrons. The van der Waals surface area contributed by atoms with Crippen molar-refractivity contribution >= 4 is 33.0 Å². The highest BCUT2D eigenvalue weighted by Gasteiger charge is 2.01. The van der Waals surface area contributed by atoms with E-state index in [-0.39, 0.29) is 5.56 Å². The van der Waals surface area contributed by atoms with Crippen molar-refractivity contribution in [2.24, 2.45) is 0 Å². The molecule has 2 nitrogen and oxygen atoms in total. The predicted octanol–water partition coefficient (Wildman–Crippen LogP) is 2.24. The molecule has 0 aromatic carbocycles. The van der Waals surface area contributed by atoms with Gasteiger partial charge in [-0.2, -0.15) is 0 Å². The molecule has 56 valence electrons. The van der Waals surface area contributed by atoms with E-state index in [4.69, 9.17) is 11.6 Å². The first-order valence-electron chi connectivity index (χ1n) is 3.04. The maximum absolute atomic E-state index is 11.1. The summed E-state index contributed by atoms with van der Waals surface area (Å²) >= 11 is 7.02. The summed E-state index contributed by atoms with van der Waals surface area (Å²) < 4.78 is 1.34. The number of hydrogen-bond donors (Lipinski definition) is 1. The van der Waals surface area contributed by atoms with E-state index in [1.54, 1.807) is 12.3 Å². The quantitative estimate of drug-likeness (QED) is 0.671. The molecule has 0 saturated carbocycles. The Labute approximate surface area is 71.4 Å². The Bertz CT molecular complexity index is 445. The smallest absolute Gasteiger partial charge is 0.265 e. The van der Waals surface area contributed by atoms with Crippen LogP contribution in [-0.2, 0) is 0 Å². The van der Waals surface area contributed by atoms with E-state index < -0.39 is 0 Å². The number of H-pyrrole nitrogens is 1. The summed E-state index contributed by atoms with van der Waals surface area (Å²) in [5, 5.41) is 0.906. The van der Waals surface area contributed by atoms with Gasteiger partial charge in [-0.15, -0.1) is 11.3 Å². The van der Waals surface area contributed by atoms with Gasteiger partial charge < -0.3 is 4.98 Å². The van der Waals surface area contributed by atoms with Gasteiger partial charge in [-0.3, -0.25) is 4.79 Å². The number of aromatic amines is 1. The lowest BCUT2D eigenvalue weighted by Crippen LogP contribution is -2.01. The molecular formula is C7H4ClNOS. The van der Waals surface area contributed by atoms with Crippen molar-refractivity contribution in [3.63, 3.8) is 0 Å². The average Bonchev–Trinajstić information content (AvgIpc) is 2.31. The van der Waals surface area contributed by atoms with Gasteiger partial charge in [0.15, 0.2) is 0 Å². The second-order valence-corrected chi connectivity index (χ2v) is 3.83. The standard InChI is InChI=1S/C7H4ClNOS/c8-5-3-4-1-2-9-7(10)6(4)11-5/h1-3H,(H,9,10). The number of halogens is 1. The molecular weight excluding hydrogens is 182 g/mol. The topological polar surface area (TPSA) is 32.9 Å². The normalized spacial score (nSPS) is 10.6. The van der Waals surface area contributed by atoms with Crippen molar-refractivity contribution in [1.29, 1.82) is 0 Å². The van der Waals surface area contributed by atoms with E-state index in [2.05, 4.69) is 4.98 Å². The van der Waals surface area contributed by atoms with Gasteiger partial charge in [-0.25, -0.2) is 0 Å². The van der Waals surface area contributed by atoms with Gasteiger partial charge in [0.1, 0.15) is 4.70 Å². The Morgan fingerprint density at radius 2 is 2.36 bits per heavy atom. The van der Waals surface area contributed by atoms with Gasteiger partial charge in [0.2, 0.25) is 0 Å². The Hall–Kier alpha value is -0.800. The lowest BCUT2D eigenvalue weighted by atomic mass is 10.3. The van der Waals surface area contributed by atoms with Crippen LogP contribution in [0.25, 0.3) is 10.1 Å². The zero-order valence-electron chi connectivity index (χ0n) is 5.43. The molecule has 0 aliphatic heterocycles. The molecule has 2 aromatic rings. The van der Waals surface area contributed by atoms with Gasteiger partial charge in [-0.1, -0.05) is 11.6 Å². The van der Waals surface area contributed by atoms with Crippen molar-refractivity contribution < 1.29 is 0 Å². The Morgan fingerprint density at radius 3 is 3.09 bits per heavy atom. The number of fused-ring (bicyclic) bond motifs is 1. The lowest BCUT2D eigenvalue weighted by molar-refractivity contribution is 1.29. The molecule has 11 heavy (non-hydrogen) atoms. The fraction of sp³-hybridized carbons (Fsp3) is 0. The molecule has 4 heteroatoms. The first-order valence-corrected chi connectivity index (χ1v) is 4.23. The minimum atomic E-state index is -0.0700. The molecule has 0 spiro atoms. The van der Waals surface area contributed by atoms with Gasteiger partial charge in [0, 0.05) is 11.6 Å². The molecule has 0 atom stereocenters. The zero-order valence-corrected chi connectivity index (χ0v) is 7.00. The van der Waals surface area contributed by atoms with Crippen molar-refractivity contribution in [2.75, 3.05) is 0 Å². The average molecular weight is 186 g/mol. The van der Waals surface area contributed by atoms with Crippen LogP contribution in [0.4, 0.5) is 0 Å². The largest absolute Gasteiger partial charge is 0.328 e. The number of aromatic nitrogens is 1. The molecule has 1 N–H and O–H groups in total. The summed E-state index contributed by atoms with van der Waals surface area (Å²) in [6.07, 6.45) is 1.62. The van der Waals surface area contributed by atoms with Gasteiger partial charge in [0.25, 0.3) is 5.56 Å². The van der Waals surface area contributed by atoms with Crippen LogP contribution in [0.2, 0.25) is 4.34 Å². The van der Waals surface area contributed by atoms with Gasteiger partial charge in [0.05, 0.1) is 4.34 Å². The number of nitrogens with one attached hydrogen (secondary N) is 1. The molecule has 0 amide bonds. The van der Waals surface area contributed by atoms with Crippen LogP contribution in [0.15, 0.2) is 23.1 Å². The fourth-order valence-electron chi connectivity index (χ4n) is 0.948. The van der Waals surface area contributed by atoms with Crippen LogP contribution in [0.5, 0.6) is 0 Å². The monoisotopic (exact) mass is 185 g/mol. The Kier molecular flexibility index (Phi) is 1.47. The highest BCUT2D eigenvalue weighted by Crippen LogP contribution is 2.25. The molecule has 0 aliphatic rings. The third kappa shape index (κ3) is 1.06.